The summed E-state index contributed by atoms with van der Waals surface area (Å²) >= 11 is 4.80. The van der Waals surface area contributed by atoms with Gasteiger partial charge in [0.2, 0.25) is 0 Å². The fourth-order valence-corrected chi connectivity index (χ4v) is 4.59. The molecule has 0 bridgehead atoms. The first-order valence-electron chi connectivity index (χ1n) is 4.74. The fraction of sp³-hybridized carbons (Fsp3) is 0.500. The summed E-state index contributed by atoms with van der Waals surface area (Å²) in [5.41, 5.74) is 0. The van der Waals surface area contributed by atoms with E-state index in [1.54, 1.807) is 13.8 Å². The zero-order chi connectivity index (χ0) is 12.3. The van der Waals surface area contributed by atoms with Gasteiger partial charge < -0.3 is 5.11 Å². The Labute approximate surface area is 109 Å². The molecule has 6 heteroatoms. The molecule has 2 atom stereocenters. The lowest BCUT2D eigenvalue weighted by Crippen LogP contribution is -2.31. The average Bonchev–Trinajstić information content (AvgIpc) is 2.49. The number of carboxylic acids is 1. The molecule has 0 saturated carbocycles. The summed E-state index contributed by atoms with van der Waals surface area (Å²) < 4.78 is 12.9. The smallest absolute Gasteiger partial charge is 0.319 e. The van der Waals surface area contributed by atoms with E-state index in [1.807, 2.05) is 11.4 Å². The maximum absolute atomic E-state index is 11.9. The molecular weight excluding hydrogens is 312 g/mol. The molecule has 0 radical (unpaired) electrons. The molecule has 1 aromatic rings. The molecule has 16 heavy (non-hydrogen) atoms. The molecule has 0 aliphatic rings. The van der Waals surface area contributed by atoms with Gasteiger partial charge in [0, 0.05) is 25.5 Å². The van der Waals surface area contributed by atoms with Crippen LogP contribution in [0.4, 0.5) is 0 Å². The molecule has 3 nitrogen and oxygen atoms in total. The van der Waals surface area contributed by atoms with Gasteiger partial charge in [0.1, 0.15) is 5.25 Å². The molecule has 0 spiro atoms. The molecule has 1 aromatic heterocycles. The van der Waals surface area contributed by atoms with Crippen molar-refractivity contribution in [1.29, 1.82) is 0 Å². The van der Waals surface area contributed by atoms with Crippen LogP contribution in [0.1, 0.15) is 18.7 Å². The van der Waals surface area contributed by atoms with E-state index >= 15 is 0 Å². The highest BCUT2D eigenvalue weighted by Crippen LogP contribution is 2.23. The lowest BCUT2D eigenvalue weighted by Gasteiger charge is -2.14. The third-order valence-electron chi connectivity index (χ3n) is 2.04. The average molecular weight is 325 g/mol. The van der Waals surface area contributed by atoms with E-state index in [0.29, 0.717) is 5.75 Å². The number of rotatable bonds is 5. The van der Waals surface area contributed by atoms with Gasteiger partial charge in [-0.2, -0.15) is 0 Å². The number of hydrogen-bond acceptors (Lipinski definition) is 3. The van der Waals surface area contributed by atoms with Crippen LogP contribution in [-0.4, -0.2) is 20.5 Å². The monoisotopic (exact) mass is 324 g/mol. The van der Waals surface area contributed by atoms with Gasteiger partial charge in [-0.15, -0.1) is 11.3 Å². The summed E-state index contributed by atoms with van der Waals surface area (Å²) in [5, 5.41) is 10.1. The molecule has 0 amide bonds. The van der Waals surface area contributed by atoms with Crippen LogP contribution in [0.25, 0.3) is 0 Å². The van der Waals surface area contributed by atoms with Crippen LogP contribution in [0, 0.1) is 5.92 Å². The highest BCUT2D eigenvalue weighted by atomic mass is 79.9. The van der Waals surface area contributed by atoms with Crippen LogP contribution in [0.5, 0.6) is 0 Å². The van der Waals surface area contributed by atoms with Crippen LogP contribution in [0.3, 0.4) is 0 Å². The second kappa shape index (κ2) is 5.93. The molecule has 0 aromatic carbocycles. The van der Waals surface area contributed by atoms with Gasteiger partial charge in [0.25, 0.3) is 0 Å². The van der Waals surface area contributed by atoms with E-state index in [-0.39, 0.29) is 5.92 Å². The maximum Gasteiger partial charge on any atom is 0.319 e. The number of carbonyl (C=O) groups is 1. The standard InChI is InChI=1S/C10H13BrO3S2/c1-6(2)9(10(12)13)16(14)5-8-3-7(11)4-15-8/h3-4,6,9H,5H2,1-2H3,(H,12,13). The van der Waals surface area contributed by atoms with E-state index in [9.17, 15) is 9.00 Å². The van der Waals surface area contributed by atoms with Crippen LogP contribution in [0.15, 0.2) is 15.9 Å². The molecule has 0 saturated heterocycles. The second-order valence-electron chi connectivity index (χ2n) is 3.76. The minimum atomic E-state index is -1.37. The molecule has 90 valence electrons. The maximum atomic E-state index is 11.9. The zero-order valence-corrected chi connectivity index (χ0v) is 12.2. The van der Waals surface area contributed by atoms with Gasteiger partial charge in [-0.25, -0.2) is 0 Å². The predicted octanol–water partition coefficient (Wildman–Crippen LogP) is 2.87. The van der Waals surface area contributed by atoms with Gasteiger partial charge in [-0.1, -0.05) is 13.8 Å². The molecule has 0 aliphatic heterocycles. The van der Waals surface area contributed by atoms with Gasteiger partial charge in [0.15, 0.2) is 0 Å². The van der Waals surface area contributed by atoms with Crippen molar-refractivity contribution in [3.05, 3.63) is 20.8 Å². The summed E-state index contributed by atoms with van der Waals surface area (Å²) in [5.74, 6) is -0.795. The third-order valence-corrected chi connectivity index (χ3v) is 5.83. The molecule has 1 rings (SSSR count). The number of thiophene rings is 1. The Morgan fingerprint density at radius 3 is 2.62 bits per heavy atom. The van der Waals surface area contributed by atoms with Crippen molar-refractivity contribution in [2.24, 2.45) is 5.92 Å². The second-order valence-corrected chi connectivity index (χ2v) is 7.23. The highest BCUT2D eigenvalue weighted by molar-refractivity contribution is 9.10. The van der Waals surface area contributed by atoms with Crippen LogP contribution in [0.2, 0.25) is 0 Å². The minimum absolute atomic E-state index is 0.123. The van der Waals surface area contributed by atoms with E-state index in [1.165, 1.54) is 11.3 Å². The number of aliphatic carboxylic acids is 1. The molecular formula is C10H13BrO3S2. The minimum Gasteiger partial charge on any atom is -0.480 e. The molecule has 0 aliphatic carbocycles. The van der Waals surface area contributed by atoms with E-state index in [4.69, 9.17) is 5.11 Å². The van der Waals surface area contributed by atoms with Gasteiger partial charge >= 0.3 is 5.97 Å². The first-order chi connectivity index (χ1) is 7.41. The SMILES string of the molecule is CC(C)C(C(=O)O)S(=O)Cc1cc(Br)cs1. The zero-order valence-electron chi connectivity index (χ0n) is 8.97. The summed E-state index contributed by atoms with van der Waals surface area (Å²) in [6.07, 6.45) is 0. The third kappa shape index (κ3) is 3.68. The van der Waals surface area contributed by atoms with E-state index in [0.717, 1.165) is 9.35 Å². The van der Waals surface area contributed by atoms with Crippen molar-refractivity contribution in [1.82, 2.24) is 0 Å². The Bertz CT molecular complexity index is 401. The van der Waals surface area contributed by atoms with Crippen LogP contribution >= 0.6 is 27.3 Å². The summed E-state index contributed by atoms with van der Waals surface area (Å²) in [4.78, 5) is 11.9. The Morgan fingerprint density at radius 2 is 2.25 bits per heavy atom. The lowest BCUT2D eigenvalue weighted by molar-refractivity contribution is -0.137. The fourth-order valence-electron chi connectivity index (χ4n) is 1.36. The van der Waals surface area contributed by atoms with Crippen molar-refractivity contribution >= 4 is 44.0 Å². The summed E-state index contributed by atoms with van der Waals surface area (Å²) in [6, 6.07) is 1.88. The summed E-state index contributed by atoms with van der Waals surface area (Å²) in [6.45, 7) is 3.56. The number of halogens is 1. The molecule has 1 heterocycles. The van der Waals surface area contributed by atoms with Crippen molar-refractivity contribution < 1.29 is 14.1 Å². The lowest BCUT2D eigenvalue weighted by atomic mass is 10.1. The van der Waals surface area contributed by atoms with Crippen LogP contribution < -0.4 is 0 Å². The quantitative estimate of drug-likeness (QED) is 0.906. The first-order valence-corrected chi connectivity index (χ1v) is 7.80. The topological polar surface area (TPSA) is 54.4 Å². The number of hydrogen-bond donors (Lipinski definition) is 1. The largest absolute Gasteiger partial charge is 0.480 e. The molecule has 1 N–H and O–H groups in total. The Morgan fingerprint density at radius 1 is 1.62 bits per heavy atom. The van der Waals surface area contributed by atoms with Crippen LogP contribution in [-0.2, 0) is 21.3 Å². The Hall–Kier alpha value is -0.200. The van der Waals surface area contributed by atoms with Gasteiger partial charge in [-0.05, 0) is 27.9 Å². The van der Waals surface area contributed by atoms with Gasteiger partial charge in [-0.3, -0.25) is 9.00 Å². The van der Waals surface area contributed by atoms with E-state index in [2.05, 4.69) is 15.9 Å². The molecule has 2 unspecified atom stereocenters. The van der Waals surface area contributed by atoms with Crippen molar-refractivity contribution in [2.75, 3.05) is 0 Å². The summed E-state index contributed by atoms with van der Waals surface area (Å²) in [7, 11) is -1.37. The Kier molecular flexibility index (Phi) is 5.14. The van der Waals surface area contributed by atoms with Crippen molar-refractivity contribution in [2.45, 2.75) is 24.9 Å². The Balaban J connectivity index is 2.73. The van der Waals surface area contributed by atoms with Gasteiger partial charge in [0.05, 0.1) is 5.75 Å². The normalized spacial score (nSPS) is 15.0. The molecule has 0 fully saturated rings. The predicted molar refractivity (Wildman–Crippen MR) is 70.1 cm³/mol. The first kappa shape index (κ1) is 13.9. The number of carboxylic acid groups (broad SMARTS) is 1. The highest BCUT2D eigenvalue weighted by Gasteiger charge is 2.28. The van der Waals surface area contributed by atoms with E-state index < -0.39 is 22.0 Å². The van der Waals surface area contributed by atoms with Crippen molar-refractivity contribution in [3.63, 3.8) is 0 Å². The van der Waals surface area contributed by atoms with Crippen molar-refractivity contribution in [3.8, 4) is 0 Å².